The number of sulfonamides is 1. The van der Waals surface area contributed by atoms with Gasteiger partial charge in [-0.15, -0.1) is 0 Å². The summed E-state index contributed by atoms with van der Waals surface area (Å²) in [6, 6.07) is 12.6. The van der Waals surface area contributed by atoms with Crippen molar-refractivity contribution in [2.45, 2.75) is 26.4 Å². The number of ether oxygens (including phenoxy) is 1. The van der Waals surface area contributed by atoms with Gasteiger partial charge in [0.25, 0.3) is 0 Å². The van der Waals surface area contributed by atoms with Gasteiger partial charge >= 0.3 is 0 Å². The monoisotopic (exact) mass is 481 g/mol. The Labute approximate surface area is 194 Å². The molecular formula is C22H28ClN3O5S. The van der Waals surface area contributed by atoms with E-state index >= 15 is 0 Å². The number of nitrogens with zero attached hydrogens (tertiary/aromatic N) is 2. The summed E-state index contributed by atoms with van der Waals surface area (Å²) in [7, 11) is -2.29. The van der Waals surface area contributed by atoms with Gasteiger partial charge in [0.05, 0.1) is 24.1 Å². The van der Waals surface area contributed by atoms with Crippen molar-refractivity contribution in [1.82, 2.24) is 10.2 Å². The van der Waals surface area contributed by atoms with Crippen LogP contribution in [0.4, 0.5) is 5.69 Å². The highest BCUT2D eigenvalue weighted by Gasteiger charge is 2.30. The zero-order valence-electron chi connectivity index (χ0n) is 18.5. The Morgan fingerprint density at radius 3 is 2.44 bits per heavy atom. The smallest absolute Gasteiger partial charge is 0.244 e. The highest BCUT2D eigenvalue weighted by atomic mass is 35.5. The van der Waals surface area contributed by atoms with E-state index in [2.05, 4.69) is 5.32 Å². The molecule has 2 aromatic rings. The SMILES string of the molecule is CCNC(=O)[C@H](C)N(Cc1cccc(OC)c1)C(=O)CN(c1ccccc1Cl)S(C)(=O)=O. The first-order valence-corrected chi connectivity index (χ1v) is 12.2. The molecule has 0 heterocycles. The fourth-order valence-electron chi connectivity index (χ4n) is 3.12. The Morgan fingerprint density at radius 2 is 1.84 bits per heavy atom. The highest BCUT2D eigenvalue weighted by molar-refractivity contribution is 7.92. The van der Waals surface area contributed by atoms with Crippen LogP contribution < -0.4 is 14.4 Å². The fraction of sp³-hybridized carbons (Fsp3) is 0.364. The maximum atomic E-state index is 13.4. The number of para-hydroxylation sites is 1. The summed E-state index contributed by atoms with van der Waals surface area (Å²) in [5, 5.41) is 2.90. The molecule has 0 radical (unpaired) electrons. The molecule has 2 rings (SSSR count). The van der Waals surface area contributed by atoms with Crippen molar-refractivity contribution < 1.29 is 22.7 Å². The van der Waals surface area contributed by atoms with Crippen molar-refractivity contribution >= 4 is 39.1 Å². The molecule has 0 bridgehead atoms. The van der Waals surface area contributed by atoms with Gasteiger partial charge in [0.2, 0.25) is 21.8 Å². The molecule has 2 amide bonds. The molecule has 0 spiro atoms. The van der Waals surface area contributed by atoms with E-state index in [0.717, 1.165) is 16.1 Å². The lowest BCUT2D eigenvalue weighted by Crippen LogP contribution is -2.51. The molecule has 0 aliphatic carbocycles. The van der Waals surface area contributed by atoms with Crippen LogP contribution in [0, 0.1) is 0 Å². The van der Waals surface area contributed by atoms with Crippen LogP contribution in [0.5, 0.6) is 5.75 Å². The number of likely N-dealkylation sites (N-methyl/N-ethyl adjacent to an activating group) is 1. The number of hydrogen-bond donors (Lipinski definition) is 1. The molecule has 0 fully saturated rings. The Hall–Kier alpha value is -2.78. The van der Waals surface area contributed by atoms with Gasteiger partial charge in [-0.05, 0) is 43.7 Å². The molecule has 1 atom stereocenters. The van der Waals surface area contributed by atoms with Gasteiger partial charge in [-0.2, -0.15) is 0 Å². The van der Waals surface area contributed by atoms with Crippen molar-refractivity contribution in [3.05, 3.63) is 59.1 Å². The predicted octanol–water partition coefficient (Wildman–Crippen LogP) is 2.67. The number of nitrogens with one attached hydrogen (secondary N) is 1. The van der Waals surface area contributed by atoms with E-state index in [-0.39, 0.29) is 23.2 Å². The maximum absolute atomic E-state index is 13.4. The minimum atomic E-state index is -3.83. The van der Waals surface area contributed by atoms with Crippen molar-refractivity contribution in [1.29, 1.82) is 0 Å². The van der Waals surface area contributed by atoms with Gasteiger partial charge in [-0.3, -0.25) is 13.9 Å². The highest BCUT2D eigenvalue weighted by Crippen LogP contribution is 2.27. The molecule has 8 nitrogen and oxygen atoms in total. The standard InChI is InChI=1S/C22H28ClN3O5S/c1-5-24-22(28)16(2)25(14-17-9-8-10-18(13-17)31-3)21(27)15-26(32(4,29)30)20-12-7-6-11-19(20)23/h6-13,16H,5,14-15H2,1-4H3,(H,24,28)/t16-/m0/s1. The van der Waals surface area contributed by atoms with Crippen molar-refractivity contribution in [3.8, 4) is 5.75 Å². The summed E-state index contributed by atoms with van der Waals surface area (Å²) >= 11 is 6.20. The van der Waals surface area contributed by atoms with Crippen LogP contribution in [0.1, 0.15) is 19.4 Å². The van der Waals surface area contributed by atoms with Crippen LogP contribution in [-0.2, 0) is 26.2 Å². The zero-order chi connectivity index (χ0) is 23.9. The number of carbonyl (C=O) groups excluding carboxylic acids is 2. The number of carbonyl (C=O) groups is 2. The topological polar surface area (TPSA) is 96.0 Å². The van der Waals surface area contributed by atoms with E-state index in [1.807, 2.05) is 0 Å². The summed E-state index contributed by atoms with van der Waals surface area (Å²) in [5.41, 5.74) is 0.925. The second-order valence-electron chi connectivity index (χ2n) is 7.16. The molecule has 0 unspecified atom stereocenters. The summed E-state index contributed by atoms with van der Waals surface area (Å²) in [5.74, 6) is -0.279. The van der Waals surface area contributed by atoms with Crippen molar-refractivity contribution in [2.24, 2.45) is 0 Å². The van der Waals surface area contributed by atoms with Gasteiger partial charge in [0.1, 0.15) is 18.3 Å². The van der Waals surface area contributed by atoms with Crippen LogP contribution in [-0.4, -0.2) is 57.6 Å². The minimum Gasteiger partial charge on any atom is -0.497 e. The average Bonchev–Trinajstić information content (AvgIpc) is 2.75. The van der Waals surface area contributed by atoms with Crippen LogP contribution in [0.25, 0.3) is 0 Å². The third kappa shape index (κ3) is 6.61. The lowest BCUT2D eigenvalue weighted by Gasteiger charge is -2.31. The molecule has 0 saturated carbocycles. The van der Waals surface area contributed by atoms with Crippen LogP contribution >= 0.6 is 11.6 Å². The van der Waals surface area contributed by atoms with Crippen molar-refractivity contribution in [3.63, 3.8) is 0 Å². The van der Waals surface area contributed by atoms with Gasteiger partial charge in [0.15, 0.2) is 0 Å². The largest absolute Gasteiger partial charge is 0.497 e. The molecule has 32 heavy (non-hydrogen) atoms. The molecule has 174 valence electrons. The summed E-state index contributed by atoms with van der Waals surface area (Å²) < 4.78 is 31.2. The number of methoxy groups -OCH3 is 1. The fourth-order valence-corrected chi connectivity index (χ4v) is 4.27. The quantitative estimate of drug-likeness (QED) is 0.562. The Kier molecular flexibility index (Phi) is 8.91. The number of amides is 2. The first-order valence-electron chi connectivity index (χ1n) is 10.0. The average molecular weight is 482 g/mol. The number of benzene rings is 2. The summed E-state index contributed by atoms with van der Waals surface area (Å²) in [6.45, 7) is 3.37. The van der Waals surface area contributed by atoms with Gasteiger partial charge in [-0.1, -0.05) is 35.9 Å². The van der Waals surface area contributed by atoms with E-state index < -0.39 is 28.5 Å². The molecule has 0 aliphatic rings. The van der Waals surface area contributed by atoms with Crippen molar-refractivity contribution in [2.75, 3.05) is 30.8 Å². The lowest BCUT2D eigenvalue weighted by atomic mass is 10.1. The van der Waals surface area contributed by atoms with Crippen LogP contribution in [0.3, 0.4) is 0 Å². The number of halogens is 1. The predicted molar refractivity (Wildman–Crippen MR) is 125 cm³/mol. The third-order valence-corrected chi connectivity index (χ3v) is 6.25. The summed E-state index contributed by atoms with van der Waals surface area (Å²) in [4.78, 5) is 27.2. The molecule has 0 aromatic heterocycles. The number of hydrogen-bond acceptors (Lipinski definition) is 5. The minimum absolute atomic E-state index is 0.0917. The first-order chi connectivity index (χ1) is 15.1. The van der Waals surface area contributed by atoms with Crippen LogP contribution in [0.15, 0.2) is 48.5 Å². The van der Waals surface area contributed by atoms with Gasteiger partial charge in [0, 0.05) is 13.1 Å². The van der Waals surface area contributed by atoms with Gasteiger partial charge in [-0.25, -0.2) is 8.42 Å². The van der Waals surface area contributed by atoms with E-state index in [4.69, 9.17) is 16.3 Å². The zero-order valence-corrected chi connectivity index (χ0v) is 20.1. The number of anilines is 1. The first kappa shape index (κ1) is 25.5. The summed E-state index contributed by atoms with van der Waals surface area (Å²) in [6.07, 6.45) is 1.00. The van der Waals surface area contributed by atoms with Gasteiger partial charge < -0.3 is 15.0 Å². The van der Waals surface area contributed by atoms with E-state index in [9.17, 15) is 18.0 Å². The Morgan fingerprint density at radius 1 is 1.16 bits per heavy atom. The second-order valence-corrected chi connectivity index (χ2v) is 9.48. The molecule has 0 saturated heterocycles. The normalized spacial score (nSPS) is 12.0. The van der Waals surface area contributed by atoms with E-state index in [0.29, 0.717) is 12.3 Å². The Balaban J connectivity index is 2.40. The molecule has 10 heteroatoms. The third-order valence-electron chi connectivity index (χ3n) is 4.81. The number of rotatable bonds is 10. The molecular weight excluding hydrogens is 454 g/mol. The molecule has 0 aliphatic heterocycles. The van der Waals surface area contributed by atoms with E-state index in [1.54, 1.807) is 56.3 Å². The van der Waals surface area contributed by atoms with Crippen LogP contribution in [0.2, 0.25) is 5.02 Å². The second kappa shape index (κ2) is 11.2. The Bertz CT molecular complexity index is 1060. The molecule has 1 N–H and O–H groups in total. The lowest BCUT2D eigenvalue weighted by molar-refractivity contribution is -0.139. The van der Waals surface area contributed by atoms with E-state index in [1.165, 1.54) is 18.1 Å². The molecule has 2 aromatic carbocycles. The maximum Gasteiger partial charge on any atom is 0.244 e.